The molecule has 3 rings (SSSR count). The third-order valence-corrected chi connectivity index (χ3v) is 4.74. The Labute approximate surface area is 133 Å². The van der Waals surface area contributed by atoms with Crippen LogP contribution < -0.4 is 11.2 Å². The Balaban J connectivity index is 1.75. The van der Waals surface area contributed by atoms with E-state index in [9.17, 15) is 9.59 Å². The second-order valence-corrected chi connectivity index (χ2v) is 7.24. The molecule has 1 N–H and O–H groups in total. The summed E-state index contributed by atoms with van der Waals surface area (Å²) in [5.74, 6) is 1.33. The number of nitrogens with zero attached hydrogens (tertiary/aromatic N) is 3. The van der Waals surface area contributed by atoms with Crippen LogP contribution in [0.3, 0.4) is 0 Å². The van der Waals surface area contributed by atoms with Gasteiger partial charge >= 0.3 is 5.69 Å². The van der Waals surface area contributed by atoms with Crippen molar-refractivity contribution in [3.63, 3.8) is 0 Å². The van der Waals surface area contributed by atoms with Crippen LogP contribution in [0.5, 0.6) is 0 Å². The number of aromatic amines is 1. The average Bonchev–Trinajstić information content (AvgIpc) is 2.93. The molecule has 2 aromatic rings. The van der Waals surface area contributed by atoms with Crippen LogP contribution in [-0.4, -0.2) is 19.7 Å². The van der Waals surface area contributed by atoms with Gasteiger partial charge in [-0.3, -0.25) is 9.78 Å². The highest BCUT2D eigenvalue weighted by Crippen LogP contribution is 2.39. The maximum Gasteiger partial charge on any atom is 0.328 e. The molecule has 0 spiro atoms. The lowest BCUT2D eigenvalue weighted by molar-refractivity contribution is 0.183. The van der Waals surface area contributed by atoms with Gasteiger partial charge in [-0.2, -0.15) is 4.98 Å². The van der Waals surface area contributed by atoms with E-state index in [4.69, 9.17) is 4.52 Å². The molecule has 124 valence electrons. The second-order valence-electron chi connectivity index (χ2n) is 7.24. The van der Waals surface area contributed by atoms with Crippen molar-refractivity contribution in [3.05, 3.63) is 32.9 Å². The Kier molecular flexibility index (Phi) is 3.95. The maximum atomic E-state index is 11.9. The van der Waals surface area contributed by atoms with Gasteiger partial charge in [0.15, 0.2) is 0 Å². The minimum atomic E-state index is -0.500. The van der Waals surface area contributed by atoms with E-state index in [1.807, 2.05) is 0 Å². The molecule has 23 heavy (non-hydrogen) atoms. The molecule has 1 fully saturated rings. The summed E-state index contributed by atoms with van der Waals surface area (Å²) in [4.78, 5) is 29.8. The minimum absolute atomic E-state index is 0.230. The van der Waals surface area contributed by atoms with Crippen LogP contribution in [0, 0.1) is 11.3 Å². The monoisotopic (exact) mass is 318 g/mol. The van der Waals surface area contributed by atoms with Crippen LogP contribution in [0.1, 0.15) is 45.4 Å². The Morgan fingerprint density at radius 3 is 2.74 bits per heavy atom. The maximum absolute atomic E-state index is 11.9. The normalized spacial score (nSPS) is 18.2. The number of aromatic nitrogens is 4. The van der Waals surface area contributed by atoms with Gasteiger partial charge in [0.05, 0.1) is 0 Å². The van der Waals surface area contributed by atoms with Crippen LogP contribution in [-0.2, 0) is 13.5 Å². The van der Waals surface area contributed by atoms with Crippen LogP contribution in [0.15, 0.2) is 20.3 Å². The van der Waals surface area contributed by atoms with Crippen molar-refractivity contribution < 1.29 is 4.52 Å². The molecule has 0 atom stereocenters. The third-order valence-electron chi connectivity index (χ3n) is 4.74. The van der Waals surface area contributed by atoms with Crippen LogP contribution >= 0.6 is 0 Å². The summed E-state index contributed by atoms with van der Waals surface area (Å²) in [7, 11) is 1.56. The van der Waals surface area contributed by atoms with E-state index in [-0.39, 0.29) is 11.4 Å². The van der Waals surface area contributed by atoms with E-state index in [1.165, 1.54) is 23.6 Å². The molecule has 1 aliphatic carbocycles. The molecule has 0 radical (unpaired) electrons. The standard InChI is InChI=1S/C16H22N4O3/c1-16(2)6-4-10(5-7-16)8-12-17-13(19-23-12)11-9-20(3)15(22)18-14(11)21/h9-10H,4-8H2,1-3H3,(H,18,21,22). The van der Waals surface area contributed by atoms with Crippen molar-refractivity contribution in [2.75, 3.05) is 0 Å². The summed E-state index contributed by atoms with van der Waals surface area (Å²) >= 11 is 0. The van der Waals surface area contributed by atoms with E-state index >= 15 is 0 Å². The lowest BCUT2D eigenvalue weighted by Gasteiger charge is -2.33. The first-order chi connectivity index (χ1) is 10.8. The van der Waals surface area contributed by atoms with Crippen LogP contribution in [0.4, 0.5) is 0 Å². The van der Waals surface area contributed by atoms with Crippen molar-refractivity contribution in [1.82, 2.24) is 19.7 Å². The average molecular weight is 318 g/mol. The first-order valence-corrected chi connectivity index (χ1v) is 7.97. The zero-order chi connectivity index (χ0) is 16.6. The molecule has 7 heteroatoms. The smallest absolute Gasteiger partial charge is 0.328 e. The van der Waals surface area contributed by atoms with Gasteiger partial charge in [0.2, 0.25) is 11.7 Å². The SMILES string of the molecule is Cn1cc(-c2noc(CC3CCC(C)(C)CC3)n2)c(=O)[nH]c1=O. The predicted molar refractivity (Wildman–Crippen MR) is 85.0 cm³/mol. The van der Waals surface area contributed by atoms with E-state index in [0.717, 1.165) is 19.3 Å². The highest BCUT2D eigenvalue weighted by molar-refractivity contribution is 5.50. The summed E-state index contributed by atoms with van der Waals surface area (Å²) < 4.78 is 6.59. The molecule has 0 bridgehead atoms. The molecule has 2 heterocycles. The quantitative estimate of drug-likeness (QED) is 0.932. The highest BCUT2D eigenvalue weighted by atomic mass is 16.5. The number of hydrogen-bond acceptors (Lipinski definition) is 5. The fraction of sp³-hybridized carbons (Fsp3) is 0.625. The fourth-order valence-corrected chi connectivity index (χ4v) is 3.08. The zero-order valence-electron chi connectivity index (χ0n) is 13.8. The van der Waals surface area contributed by atoms with Gasteiger partial charge in [0.25, 0.3) is 5.56 Å². The Morgan fingerprint density at radius 2 is 2.04 bits per heavy atom. The number of rotatable bonds is 3. The second kappa shape index (κ2) is 5.79. The third kappa shape index (κ3) is 3.43. The fourth-order valence-electron chi connectivity index (χ4n) is 3.08. The zero-order valence-corrected chi connectivity index (χ0v) is 13.8. The molecular weight excluding hydrogens is 296 g/mol. The largest absolute Gasteiger partial charge is 0.339 e. The van der Waals surface area contributed by atoms with Gasteiger partial charge in [-0.25, -0.2) is 4.79 Å². The molecule has 0 aliphatic heterocycles. The van der Waals surface area contributed by atoms with Gasteiger partial charge in [-0.15, -0.1) is 0 Å². The topological polar surface area (TPSA) is 93.8 Å². The van der Waals surface area contributed by atoms with Crippen LogP contribution in [0.2, 0.25) is 0 Å². The molecule has 0 aromatic carbocycles. The van der Waals surface area contributed by atoms with Crippen LogP contribution in [0.25, 0.3) is 11.4 Å². The Bertz CT molecular complexity index is 805. The van der Waals surface area contributed by atoms with E-state index in [2.05, 4.69) is 29.0 Å². The first-order valence-electron chi connectivity index (χ1n) is 7.97. The molecular formula is C16H22N4O3. The summed E-state index contributed by atoms with van der Waals surface area (Å²) in [5.41, 5.74) is -0.294. The molecule has 0 saturated heterocycles. The number of aryl methyl sites for hydroxylation is 1. The molecule has 1 aliphatic rings. The van der Waals surface area contributed by atoms with E-state index in [0.29, 0.717) is 17.2 Å². The van der Waals surface area contributed by atoms with Crippen molar-refractivity contribution in [2.45, 2.75) is 46.0 Å². The molecule has 2 aromatic heterocycles. The van der Waals surface area contributed by atoms with Gasteiger partial charge in [0, 0.05) is 19.7 Å². The van der Waals surface area contributed by atoms with E-state index in [1.54, 1.807) is 7.05 Å². The lowest BCUT2D eigenvalue weighted by Crippen LogP contribution is -2.28. The predicted octanol–water partition coefficient (Wildman–Crippen LogP) is 1.88. The number of H-pyrrole nitrogens is 1. The van der Waals surface area contributed by atoms with Gasteiger partial charge in [-0.1, -0.05) is 19.0 Å². The summed E-state index contributed by atoms with van der Waals surface area (Å²) in [6.07, 6.45) is 6.90. The van der Waals surface area contributed by atoms with Gasteiger partial charge in [0.1, 0.15) is 5.56 Å². The Morgan fingerprint density at radius 1 is 1.35 bits per heavy atom. The molecule has 0 amide bonds. The summed E-state index contributed by atoms with van der Waals surface area (Å²) in [5, 5.41) is 3.89. The molecule has 1 saturated carbocycles. The highest BCUT2D eigenvalue weighted by Gasteiger charge is 2.28. The first kappa shape index (κ1) is 15.7. The van der Waals surface area contributed by atoms with Crippen molar-refractivity contribution in [1.29, 1.82) is 0 Å². The van der Waals surface area contributed by atoms with Gasteiger partial charge < -0.3 is 9.09 Å². The summed E-state index contributed by atoms with van der Waals surface area (Å²) in [6, 6.07) is 0. The Hall–Kier alpha value is -2.18. The summed E-state index contributed by atoms with van der Waals surface area (Å²) in [6.45, 7) is 4.61. The lowest BCUT2D eigenvalue weighted by atomic mass is 9.72. The van der Waals surface area contributed by atoms with Crippen molar-refractivity contribution in [3.8, 4) is 11.4 Å². The minimum Gasteiger partial charge on any atom is -0.339 e. The molecule has 7 nitrogen and oxygen atoms in total. The van der Waals surface area contributed by atoms with Crippen molar-refractivity contribution >= 4 is 0 Å². The number of hydrogen-bond donors (Lipinski definition) is 1. The molecule has 0 unspecified atom stereocenters. The van der Waals surface area contributed by atoms with Crippen molar-refractivity contribution in [2.24, 2.45) is 18.4 Å². The van der Waals surface area contributed by atoms with E-state index < -0.39 is 11.2 Å². The number of nitrogens with one attached hydrogen (secondary N) is 1. The van der Waals surface area contributed by atoms with Gasteiger partial charge in [-0.05, 0) is 37.0 Å².